The number of ether oxygens (including phenoxy) is 2. The number of carbonyl (C=O) groups excluding carboxylic acids is 3. The van der Waals surface area contributed by atoms with Gasteiger partial charge in [-0.15, -0.1) is 0 Å². The summed E-state index contributed by atoms with van der Waals surface area (Å²) >= 11 is 0. The molecule has 0 aromatic heterocycles. The van der Waals surface area contributed by atoms with E-state index in [2.05, 4.69) is 0 Å². The van der Waals surface area contributed by atoms with Crippen molar-refractivity contribution in [2.75, 3.05) is 6.61 Å². The molecule has 30 heavy (non-hydrogen) atoms. The quantitative estimate of drug-likeness (QED) is 0.672. The summed E-state index contributed by atoms with van der Waals surface area (Å²) in [5, 5.41) is 0. The third kappa shape index (κ3) is 5.47. The van der Waals surface area contributed by atoms with E-state index in [0.717, 1.165) is 10.5 Å². The van der Waals surface area contributed by atoms with E-state index in [9.17, 15) is 14.4 Å². The average molecular weight is 409 g/mol. The Bertz CT molecular complexity index is 889. The van der Waals surface area contributed by atoms with Crippen LogP contribution in [0.2, 0.25) is 0 Å². The lowest BCUT2D eigenvalue weighted by molar-refractivity contribution is -0.157. The van der Waals surface area contributed by atoms with Crippen LogP contribution in [0.25, 0.3) is 0 Å². The molecule has 158 valence electrons. The number of imide groups is 1. The maximum absolute atomic E-state index is 13.5. The van der Waals surface area contributed by atoms with Crippen molar-refractivity contribution >= 4 is 18.0 Å². The summed E-state index contributed by atoms with van der Waals surface area (Å²) < 4.78 is 10.6. The number of nitrogens with zero attached hydrogens (tertiary/aromatic N) is 1. The zero-order chi connectivity index (χ0) is 21.7. The normalized spacial score (nSPS) is 17.4. The van der Waals surface area contributed by atoms with E-state index in [0.29, 0.717) is 12.0 Å². The molecule has 0 bridgehead atoms. The second kappa shape index (κ2) is 9.11. The number of hydrogen-bond acceptors (Lipinski definition) is 5. The molecule has 2 aromatic carbocycles. The molecule has 1 heterocycles. The Labute approximate surface area is 176 Å². The summed E-state index contributed by atoms with van der Waals surface area (Å²) in [4.78, 5) is 39.6. The number of carbonyl (C=O) groups is 3. The number of hydrogen-bond donors (Lipinski definition) is 0. The number of benzene rings is 2. The number of esters is 1. The molecule has 0 N–H and O–H groups in total. The minimum atomic E-state index is -0.829. The van der Waals surface area contributed by atoms with Crippen LogP contribution in [0.1, 0.15) is 44.2 Å². The van der Waals surface area contributed by atoms with Gasteiger partial charge in [-0.3, -0.25) is 9.59 Å². The van der Waals surface area contributed by atoms with Crippen LogP contribution >= 0.6 is 0 Å². The highest BCUT2D eigenvalue weighted by molar-refractivity contribution is 5.98. The third-order valence-electron chi connectivity index (χ3n) is 4.80. The van der Waals surface area contributed by atoms with E-state index in [1.54, 1.807) is 45.0 Å². The zero-order valence-corrected chi connectivity index (χ0v) is 17.5. The molecule has 6 nitrogen and oxygen atoms in total. The van der Waals surface area contributed by atoms with Crippen LogP contribution in [0.5, 0.6) is 0 Å². The lowest BCUT2D eigenvalue weighted by Crippen LogP contribution is -2.43. The predicted octanol–water partition coefficient (Wildman–Crippen LogP) is 4.09. The molecular weight excluding hydrogens is 382 g/mol. The maximum Gasteiger partial charge on any atom is 0.417 e. The van der Waals surface area contributed by atoms with Gasteiger partial charge in [0.25, 0.3) is 0 Å². The van der Waals surface area contributed by atoms with Crippen LogP contribution in [0.15, 0.2) is 60.7 Å². The maximum atomic E-state index is 13.5. The van der Waals surface area contributed by atoms with Gasteiger partial charge < -0.3 is 9.47 Å². The molecule has 2 unspecified atom stereocenters. The van der Waals surface area contributed by atoms with Gasteiger partial charge in [-0.1, -0.05) is 60.7 Å². The molecule has 0 spiro atoms. The highest BCUT2D eigenvalue weighted by Crippen LogP contribution is 2.28. The molecule has 0 aliphatic carbocycles. The van der Waals surface area contributed by atoms with E-state index in [1.165, 1.54) is 0 Å². The van der Waals surface area contributed by atoms with E-state index in [1.807, 2.05) is 36.4 Å². The molecule has 2 amide bonds. The van der Waals surface area contributed by atoms with Gasteiger partial charge in [0.05, 0.1) is 18.4 Å². The second-order valence-corrected chi connectivity index (χ2v) is 8.38. The highest BCUT2D eigenvalue weighted by Gasteiger charge is 2.42. The topological polar surface area (TPSA) is 72.9 Å². The Morgan fingerprint density at radius 3 is 2.27 bits per heavy atom. The molecule has 0 radical (unpaired) electrons. The first-order chi connectivity index (χ1) is 14.2. The fourth-order valence-corrected chi connectivity index (χ4v) is 3.52. The van der Waals surface area contributed by atoms with Gasteiger partial charge in [-0.25, -0.2) is 9.69 Å². The van der Waals surface area contributed by atoms with Gasteiger partial charge >= 0.3 is 12.1 Å². The Morgan fingerprint density at radius 1 is 1.07 bits per heavy atom. The van der Waals surface area contributed by atoms with Crippen molar-refractivity contribution < 1.29 is 23.9 Å². The fraction of sp³-hybridized carbons (Fsp3) is 0.375. The van der Waals surface area contributed by atoms with Gasteiger partial charge in [0.2, 0.25) is 5.91 Å². The SMILES string of the molecule is CC(C)(C)OC(=O)CC(C(=O)N1C(=O)OCC1Cc1ccccc1)c1ccccc1. The first-order valence-electron chi connectivity index (χ1n) is 10.0. The Balaban J connectivity index is 1.85. The average Bonchev–Trinajstić information content (AvgIpc) is 3.06. The standard InChI is InChI=1S/C24H27NO5/c1-24(2,3)30-21(26)15-20(18-12-8-5-9-13-18)22(27)25-19(16-29-23(25)28)14-17-10-6-4-7-11-17/h4-13,19-20H,14-16H2,1-3H3. The Morgan fingerprint density at radius 2 is 1.67 bits per heavy atom. The summed E-state index contributed by atoms with van der Waals surface area (Å²) in [6.45, 7) is 5.46. The van der Waals surface area contributed by atoms with Crippen molar-refractivity contribution in [1.82, 2.24) is 4.90 Å². The van der Waals surface area contributed by atoms with Crippen LogP contribution < -0.4 is 0 Å². The van der Waals surface area contributed by atoms with Gasteiger partial charge in [0.1, 0.15) is 12.2 Å². The van der Waals surface area contributed by atoms with Gasteiger partial charge in [0, 0.05) is 0 Å². The molecule has 3 rings (SSSR count). The van der Waals surface area contributed by atoms with Crippen molar-refractivity contribution in [3.63, 3.8) is 0 Å². The summed E-state index contributed by atoms with van der Waals surface area (Å²) in [5.74, 6) is -1.77. The number of amides is 2. The van der Waals surface area contributed by atoms with E-state index < -0.39 is 35.5 Å². The van der Waals surface area contributed by atoms with Crippen LogP contribution in [-0.2, 0) is 25.5 Å². The van der Waals surface area contributed by atoms with E-state index in [-0.39, 0.29) is 13.0 Å². The van der Waals surface area contributed by atoms with Crippen molar-refractivity contribution in [2.45, 2.75) is 51.2 Å². The second-order valence-electron chi connectivity index (χ2n) is 8.38. The number of cyclic esters (lactones) is 1. The van der Waals surface area contributed by atoms with Gasteiger partial charge in [0.15, 0.2) is 0 Å². The van der Waals surface area contributed by atoms with Crippen molar-refractivity contribution in [3.8, 4) is 0 Å². The minimum Gasteiger partial charge on any atom is -0.460 e. The molecular formula is C24H27NO5. The lowest BCUT2D eigenvalue weighted by Gasteiger charge is -2.26. The van der Waals surface area contributed by atoms with Crippen molar-refractivity contribution in [3.05, 3.63) is 71.8 Å². The molecule has 1 saturated heterocycles. The monoisotopic (exact) mass is 409 g/mol. The van der Waals surface area contributed by atoms with E-state index >= 15 is 0 Å². The van der Waals surface area contributed by atoms with Crippen molar-refractivity contribution in [2.24, 2.45) is 0 Å². The molecule has 2 aromatic rings. The minimum absolute atomic E-state index is 0.132. The van der Waals surface area contributed by atoms with Crippen LogP contribution in [0, 0.1) is 0 Å². The molecule has 1 aliphatic rings. The molecule has 6 heteroatoms. The first kappa shape index (κ1) is 21.6. The van der Waals surface area contributed by atoms with E-state index in [4.69, 9.17) is 9.47 Å². The molecule has 1 fully saturated rings. The summed E-state index contributed by atoms with van der Waals surface area (Å²) in [5.41, 5.74) is 0.998. The molecule has 1 aliphatic heterocycles. The van der Waals surface area contributed by atoms with Gasteiger partial charge in [-0.2, -0.15) is 0 Å². The summed E-state index contributed by atoms with van der Waals surface area (Å²) in [6, 6.07) is 18.2. The van der Waals surface area contributed by atoms with Gasteiger partial charge in [-0.05, 0) is 38.3 Å². The molecule has 2 atom stereocenters. The van der Waals surface area contributed by atoms with Crippen molar-refractivity contribution in [1.29, 1.82) is 0 Å². The number of rotatable bonds is 6. The Kier molecular flexibility index (Phi) is 6.55. The smallest absolute Gasteiger partial charge is 0.417 e. The first-order valence-corrected chi connectivity index (χ1v) is 10.0. The summed E-state index contributed by atoms with van der Waals surface area (Å²) in [6.07, 6.45) is -0.333. The highest BCUT2D eigenvalue weighted by atomic mass is 16.6. The van der Waals surface area contributed by atoms with Crippen LogP contribution in [-0.4, -0.2) is 41.1 Å². The molecule has 0 saturated carbocycles. The lowest BCUT2D eigenvalue weighted by atomic mass is 9.93. The van der Waals surface area contributed by atoms with Crippen LogP contribution in [0.3, 0.4) is 0 Å². The predicted molar refractivity (Wildman–Crippen MR) is 112 cm³/mol. The largest absolute Gasteiger partial charge is 0.460 e. The zero-order valence-electron chi connectivity index (χ0n) is 17.5. The Hall–Kier alpha value is -3.15. The van der Waals surface area contributed by atoms with Crippen LogP contribution in [0.4, 0.5) is 4.79 Å². The third-order valence-corrected chi connectivity index (χ3v) is 4.80. The summed E-state index contributed by atoms with van der Waals surface area (Å²) in [7, 11) is 0. The fourth-order valence-electron chi connectivity index (χ4n) is 3.52.